The van der Waals surface area contributed by atoms with Crippen LogP contribution in [0.3, 0.4) is 0 Å². The summed E-state index contributed by atoms with van der Waals surface area (Å²) in [4.78, 5) is 2.26. The summed E-state index contributed by atoms with van der Waals surface area (Å²) >= 11 is 3.48. The Hall–Kier alpha value is 0.360. The molecular weight excluding hydrogens is 282 g/mol. The van der Waals surface area contributed by atoms with Crippen LogP contribution < -0.4 is 0 Å². The number of ether oxygens (including phenoxy) is 1. The lowest BCUT2D eigenvalue weighted by atomic mass is 9.93. The third kappa shape index (κ3) is 6.18. The number of nitrogens with zero attached hydrogens (tertiary/aromatic N) is 1. The van der Waals surface area contributed by atoms with Crippen LogP contribution in [0, 0.1) is 5.92 Å². The maximum absolute atomic E-state index is 10.4. The molecule has 0 radical (unpaired) electrons. The van der Waals surface area contributed by atoms with Gasteiger partial charge >= 0.3 is 0 Å². The molecule has 1 rings (SSSR count). The number of alkyl halides is 1. The molecule has 0 saturated carbocycles. The number of rotatable bonds is 7. The van der Waals surface area contributed by atoms with E-state index in [0.29, 0.717) is 13.2 Å². The van der Waals surface area contributed by atoms with Crippen LogP contribution in [0.25, 0.3) is 0 Å². The number of likely N-dealkylation sites (N-methyl/N-ethyl adjacent to an activating group) is 1. The first-order valence-electron chi connectivity index (χ1n) is 6.60. The van der Waals surface area contributed by atoms with Gasteiger partial charge in [0.15, 0.2) is 0 Å². The maximum Gasteiger partial charge on any atom is 0.0817 e. The zero-order chi connectivity index (χ0) is 12.7. The van der Waals surface area contributed by atoms with Gasteiger partial charge in [-0.2, -0.15) is 0 Å². The Kier molecular flexibility index (Phi) is 7.00. The van der Waals surface area contributed by atoms with Gasteiger partial charge in [-0.1, -0.05) is 22.9 Å². The molecule has 102 valence electrons. The molecule has 0 amide bonds. The smallest absolute Gasteiger partial charge is 0.0817 e. The third-order valence-electron chi connectivity index (χ3n) is 3.59. The normalized spacial score (nSPS) is 21.7. The Bertz CT molecular complexity index is 208. The van der Waals surface area contributed by atoms with Crippen molar-refractivity contribution in [2.75, 3.05) is 38.7 Å². The lowest BCUT2D eigenvalue weighted by molar-refractivity contribution is -0.0771. The highest BCUT2D eigenvalue weighted by Crippen LogP contribution is 2.21. The van der Waals surface area contributed by atoms with Gasteiger partial charge in [0.2, 0.25) is 0 Å². The van der Waals surface area contributed by atoms with Crippen LogP contribution in [0.2, 0.25) is 0 Å². The number of halogens is 1. The molecule has 1 aliphatic heterocycles. The zero-order valence-corrected chi connectivity index (χ0v) is 12.7. The lowest BCUT2D eigenvalue weighted by Gasteiger charge is -2.35. The van der Waals surface area contributed by atoms with Gasteiger partial charge in [0, 0.05) is 37.9 Å². The van der Waals surface area contributed by atoms with E-state index in [4.69, 9.17) is 4.74 Å². The summed E-state index contributed by atoms with van der Waals surface area (Å²) in [5.41, 5.74) is -0.522. The van der Waals surface area contributed by atoms with Gasteiger partial charge in [0.25, 0.3) is 0 Å². The predicted octanol–water partition coefficient (Wildman–Crippen LogP) is 2.27. The predicted molar refractivity (Wildman–Crippen MR) is 74.7 cm³/mol. The van der Waals surface area contributed by atoms with E-state index in [1.807, 2.05) is 0 Å². The fraction of sp³-hybridized carbons (Fsp3) is 1.00. The average Bonchev–Trinajstić information content (AvgIpc) is 2.27. The summed E-state index contributed by atoms with van der Waals surface area (Å²) in [5.74, 6) is 0.751. The third-order valence-corrected chi connectivity index (χ3v) is 4.05. The van der Waals surface area contributed by atoms with E-state index in [0.717, 1.165) is 37.2 Å². The van der Waals surface area contributed by atoms with E-state index in [1.54, 1.807) is 0 Å². The van der Waals surface area contributed by atoms with Crippen molar-refractivity contribution >= 4 is 15.9 Å². The van der Waals surface area contributed by atoms with Crippen molar-refractivity contribution in [1.82, 2.24) is 4.90 Å². The summed E-state index contributed by atoms with van der Waals surface area (Å²) in [6.07, 6.45) is 3.98. The minimum atomic E-state index is -0.522. The zero-order valence-electron chi connectivity index (χ0n) is 11.1. The second-order valence-corrected chi connectivity index (χ2v) is 6.24. The second kappa shape index (κ2) is 7.72. The molecule has 0 bridgehead atoms. The number of hydrogen-bond donors (Lipinski definition) is 1. The van der Waals surface area contributed by atoms with Crippen molar-refractivity contribution in [3.05, 3.63) is 0 Å². The van der Waals surface area contributed by atoms with Gasteiger partial charge in [-0.15, -0.1) is 0 Å². The van der Waals surface area contributed by atoms with Gasteiger partial charge in [-0.25, -0.2) is 0 Å². The molecule has 3 nitrogen and oxygen atoms in total. The SMILES string of the molecule is CC(CCBr)CCN(C)CC1(O)CCOCC1. The van der Waals surface area contributed by atoms with Crippen LogP contribution in [-0.2, 0) is 4.74 Å². The van der Waals surface area contributed by atoms with Crippen LogP contribution in [0.5, 0.6) is 0 Å². The minimum absolute atomic E-state index is 0.522. The molecule has 1 N–H and O–H groups in total. The van der Waals surface area contributed by atoms with E-state index < -0.39 is 5.60 Å². The van der Waals surface area contributed by atoms with Crippen LogP contribution in [0.4, 0.5) is 0 Å². The molecule has 1 aliphatic rings. The molecule has 0 aromatic rings. The van der Waals surface area contributed by atoms with Crippen molar-refractivity contribution < 1.29 is 9.84 Å². The highest BCUT2D eigenvalue weighted by Gasteiger charge is 2.30. The van der Waals surface area contributed by atoms with Gasteiger partial charge in [-0.3, -0.25) is 0 Å². The van der Waals surface area contributed by atoms with E-state index >= 15 is 0 Å². The highest BCUT2D eigenvalue weighted by molar-refractivity contribution is 9.09. The standard InChI is InChI=1S/C13H26BrNO2/c1-12(3-7-14)4-8-15(2)11-13(16)5-9-17-10-6-13/h12,16H,3-11H2,1-2H3. The molecule has 4 heteroatoms. The Labute approximate surface area is 114 Å². The van der Waals surface area contributed by atoms with Crippen molar-refractivity contribution in [2.45, 2.75) is 38.2 Å². The fourth-order valence-corrected chi connectivity index (χ4v) is 3.04. The molecule has 0 aliphatic carbocycles. The summed E-state index contributed by atoms with van der Waals surface area (Å²) in [6, 6.07) is 0. The Morgan fingerprint density at radius 3 is 2.59 bits per heavy atom. The molecule has 0 aromatic carbocycles. The summed E-state index contributed by atoms with van der Waals surface area (Å²) < 4.78 is 5.29. The second-order valence-electron chi connectivity index (χ2n) is 5.45. The summed E-state index contributed by atoms with van der Waals surface area (Å²) in [5, 5.41) is 11.5. The Balaban J connectivity index is 2.21. The van der Waals surface area contributed by atoms with E-state index in [-0.39, 0.29) is 0 Å². The molecule has 1 fully saturated rings. The van der Waals surface area contributed by atoms with E-state index in [1.165, 1.54) is 12.8 Å². The van der Waals surface area contributed by atoms with Crippen molar-refractivity contribution in [3.8, 4) is 0 Å². The number of aliphatic hydroxyl groups is 1. The van der Waals surface area contributed by atoms with E-state index in [2.05, 4.69) is 34.8 Å². The topological polar surface area (TPSA) is 32.7 Å². The molecule has 1 unspecified atom stereocenters. The van der Waals surface area contributed by atoms with Crippen LogP contribution in [0.1, 0.15) is 32.6 Å². The Morgan fingerprint density at radius 1 is 1.35 bits per heavy atom. The van der Waals surface area contributed by atoms with Crippen LogP contribution in [-0.4, -0.2) is 54.3 Å². The first-order chi connectivity index (χ1) is 8.06. The molecule has 17 heavy (non-hydrogen) atoms. The molecule has 1 heterocycles. The monoisotopic (exact) mass is 307 g/mol. The first-order valence-corrected chi connectivity index (χ1v) is 7.72. The van der Waals surface area contributed by atoms with Crippen LogP contribution in [0.15, 0.2) is 0 Å². The lowest BCUT2D eigenvalue weighted by Crippen LogP contribution is -2.46. The van der Waals surface area contributed by atoms with Gasteiger partial charge in [0.1, 0.15) is 0 Å². The van der Waals surface area contributed by atoms with Crippen molar-refractivity contribution in [2.24, 2.45) is 5.92 Å². The molecular formula is C13H26BrNO2. The van der Waals surface area contributed by atoms with Gasteiger partial charge in [-0.05, 0) is 32.4 Å². The minimum Gasteiger partial charge on any atom is -0.388 e. The van der Waals surface area contributed by atoms with Crippen molar-refractivity contribution in [1.29, 1.82) is 0 Å². The maximum atomic E-state index is 10.4. The average molecular weight is 308 g/mol. The summed E-state index contributed by atoms with van der Waals surface area (Å²) in [6.45, 7) is 5.53. The summed E-state index contributed by atoms with van der Waals surface area (Å²) in [7, 11) is 2.11. The largest absolute Gasteiger partial charge is 0.388 e. The molecule has 0 spiro atoms. The molecule has 0 aromatic heterocycles. The first kappa shape index (κ1) is 15.4. The van der Waals surface area contributed by atoms with Crippen LogP contribution >= 0.6 is 15.9 Å². The number of hydrogen-bond acceptors (Lipinski definition) is 3. The Morgan fingerprint density at radius 2 is 2.00 bits per heavy atom. The molecule has 1 saturated heterocycles. The molecule has 1 atom stereocenters. The van der Waals surface area contributed by atoms with E-state index in [9.17, 15) is 5.11 Å². The fourth-order valence-electron chi connectivity index (χ4n) is 2.26. The highest BCUT2D eigenvalue weighted by atomic mass is 79.9. The van der Waals surface area contributed by atoms with Gasteiger partial charge in [0.05, 0.1) is 5.60 Å². The van der Waals surface area contributed by atoms with Gasteiger partial charge < -0.3 is 14.7 Å². The van der Waals surface area contributed by atoms with Crippen molar-refractivity contribution in [3.63, 3.8) is 0 Å². The quantitative estimate of drug-likeness (QED) is 0.732.